The summed E-state index contributed by atoms with van der Waals surface area (Å²) >= 11 is 2.87. The highest BCUT2D eigenvalue weighted by Crippen LogP contribution is 2.38. The van der Waals surface area contributed by atoms with E-state index in [2.05, 4.69) is 34.7 Å². The number of thioether (sulfide) groups is 1. The fraction of sp³-hybridized carbons (Fsp3) is 0.179. The Bertz CT molecular complexity index is 1330. The van der Waals surface area contributed by atoms with Crippen molar-refractivity contribution in [2.24, 2.45) is 5.92 Å². The number of aromatic nitrogens is 1. The zero-order valence-electron chi connectivity index (χ0n) is 19.2. The number of thiazole rings is 1. The Labute approximate surface area is 213 Å². The van der Waals surface area contributed by atoms with Crippen LogP contribution in [-0.2, 0) is 9.59 Å². The minimum absolute atomic E-state index is 0.0673. The molecule has 5 nitrogen and oxygen atoms in total. The van der Waals surface area contributed by atoms with Gasteiger partial charge in [0.2, 0.25) is 11.8 Å². The van der Waals surface area contributed by atoms with Gasteiger partial charge in [-0.25, -0.2) is 4.98 Å². The lowest BCUT2D eigenvalue weighted by molar-refractivity contribution is -0.117. The second-order valence-corrected chi connectivity index (χ2v) is 10.6. The average molecular weight is 500 g/mol. The molecule has 0 aliphatic heterocycles. The van der Waals surface area contributed by atoms with Crippen LogP contribution >= 0.6 is 23.1 Å². The number of anilines is 2. The molecule has 4 aromatic rings. The molecule has 3 aromatic carbocycles. The van der Waals surface area contributed by atoms with Crippen LogP contribution in [-0.4, -0.2) is 16.8 Å². The van der Waals surface area contributed by atoms with Crippen LogP contribution in [0.15, 0.2) is 89.1 Å². The van der Waals surface area contributed by atoms with Gasteiger partial charge in [-0.2, -0.15) is 0 Å². The van der Waals surface area contributed by atoms with Gasteiger partial charge in [0.1, 0.15) is 5.25 Å². The Balaban J connectivity index is 1.33. The summed E-state index contributed by atoms with van der Waals surface area (Å²) in [6.07, 6.45) is 1.91. The summed E-state index contributed by atoms with van der Waals surface area (Å²) in [4.78, 5) is 31.1. The number of carbonyl (C=O) groups is 2. The Morgan fingerprint density at radius 3 is 2.49 bits per heavy atom. The van der Waals surface area contributed by atoms with E-state index >= 15 is 0 Å². The van der Waals surface area contributed by atoms with Gasteiger partial charge < -0.3 is 10.6 Å². The lowest BCUT2D eigenvalue weighted by Gasteiger charge is -2.17. The third-order valence-electron chi connectivity index (χ3n) is 5.73. The molecule has 1 atom stereocenters. The summed E-state index contributed by atoms with van der Waals surface area (Å²) in [5.74, 6) is 0.0633. The third-order valence-corrected chi connectivity index (χ3v) is 7.73. The molecular formula is C28H25N3O2S2. The molecule has 0 bridgehead atoms. The predicted molar refractivity (Wildman–Crippen MR) is 144 cm³/mol. The number of nitrogens with one attached hydrogen (secondary N) is 2. The quantitative estimate of drug-likeness (QED) is 0.258. The number of hydrogen-bond acceptors (Lipinski definition) is 5. The standard InChI is InChI=1S/C28H25N3O2S2/c1-18-10-12-19(13-11-18)24-17-34-28(30-24)31-27(33)25(20-6-3-2-4-7-20)35-23-9-5-8-22(16-23)29-26(32)21-14-15-21/h2-13,16-17,21,25H,14-15H2,1H3,(H,29,32)(H,30,31,33). The van der Waals surface area contributed by atoms with Crippen LogP contribution in [0.25, 0.3) is 11.3 Å². The van der Waals surface area contributed by atoms with Gasteiger partial charge in [-0.15, -0.1) is 23.1 Å². The van der Waals surface area contributed by atoms with Crippen molar-refractivity contribution < 1.29 is 9.59 Å². The van der Waals surface area contributed by atoms with Crippen LogP contribution < -0.4 is 10.6 Å². The molecule has 1 unspecified atom stereocenters. The van der Waals surface area contributed by atoms with Gasteiger partial charge in [-0.1, -0.05) is 66.2 Å². The highest BCUT2D eigenvalue weighted by atomic mass is 32.2. The third kappa shape index (κ3) is 5.99. The van der Waals surface area contributed by atoms with Gasteiger partial charge in [-0.3, -0.25) is 9.59 Å². The molecule has 176 valence electrons. The Hall–Kier alpha value is -3.42. The normalized spacial score (nSPS) is 13.7. The molecule has 0 spiro atoms. The number of hydrogen-bond donors (Lipinski definition) is 2. The fourth-order valence-electron chi connectivity index (χ4n) is 3.63. The number of aryl methyl sites for hydroxylation is 1. The van der Waals surface area contributed by atoms with E-state index in [0.717, 1.165) is 40.2 Å². The maximum Gasteiger partial charge on any atom is 0.244 e. The highest BCUT2D eigenvalue weighted by molar-refractivity contribution is 8.00. The van der Waals surface area contributed by atoms with E-state index in [4.69, 9.17) is 0 Å². The van der Waals surface area contributed by atoms with Crippen molar-refractivity contribution in [3.8, 4) is 11.3 Å². The zero-order chi connectivity index (χ0) is 24.2. The minimum Gasteiger partial charge on any atom is -0.326 e. The maximum atomic E-state index is 13.4. The minimum atomic E-state index is -0.475. The molecule has 0 saturated heterocycles. The van der Waals surface area contributed by atoms with E-state index < -0.39 is 5.25 Å². The van der Waals surface area contributed by atoms with E-state index in [0.29, 0.717) is 5.13 Å². The van der Waals surface area contributed by atoms with Crippen LogP contribution in [0.4, 0.5) is 10.8 Å². The van der Waals surface area contributed by atoms with Crippen LogP contribution in [0.1, 0.15) is 29.2 Å². The summed E-state index contributed by atoms with van der Waals surface area (Å²) in [6.45, 7) is 2.05. The first-order valence-corrected chi connectivity index (χ1v) is 13.3. The van der Waals surface area contributed by atoms with Crippen molar-refractivity contribution in [2.75, 3.05) is 10.6 Å². The SMILES string of the molecule is Cc1ccc(-c2csc(NC(=O)C(Sc3cccc(NC(=O)C4CC4)c3)c3ccccc3)n2)cc1. The second-order valence-electron chi connectivity index (χ2n) is 8.59. The van der Waals surface area contributed by atoms with E-state index in [-0.39, 0.29) is 17.7 Å². The summed E-state index contributed by atoms with van der Waals surface area (Å²) in [7, 11) is 0. The Kier molecular flexibility index (Phi) is 6.97. The van der Waals surface area contributed by atoms with Crippen molar-refractivity contribution in [1.29, 1.82) is 0 Å². The molecule has 2 N–H and O–H groups in total. The monoisotopic (exact) mass is 499 g/mol. The van der Waals surface area contributed by atoms with Gasteiger partial charge in [0, 0.05) is 27.4 Å². The fourth-order valence-corrected chi connectivity index (χ4v) is 5.44. The second kappa shape index (κ2) is 10.5. The zero-order valence-corrected chi connectivity index (χ0v) is 20.9. The van der Waals surface area contributed by atoms with Crippen molar-refractivity contribution in [2.45, 2.75) is 29.9 Å². The van der Waals surface area contributed by atoms with Gasteiger partial charge >= 0.3 is 0 Å². The van der Waals surface area contributed by atoms with Gasteiger partial charge in [0.15, 0.2) is 5.13 Å². The molecule has 1 aliphatic rings. The molecule has 5 rings (SSSR count). The van der Waals surface area contributed by atoms with Crippen LogP contribution in [0.5, 0.6) is 0 Å². The summed E-state index contributed by atoms with van der Waals surface area (Å²) in [6, 6.07) is 25.5. The summed E-state index contributed by atoms with van der Waals surface area (Å²) in [5, 5.41) is 8.04. The molecule has 2 amide bonds. The number of rotatable bonds is 8. The van der Waals surface area contributed by atoms with Crippen LogP contribution in [0.2, 0.25) is 0 Å². The van der Waals surface area contributed by atoms with Gasteiger partial charge in [-0.05, 0) is 43.5 Å². The molecule has 1 fully saturated rings. The number of carbonyl (C=O) groups excluding carboxylic acids is 2. The first kappa shape index (κ1) is 23.3. The molecule has 1 aromatic heterocycles. The van der Waals surface area contributed by atoms with Gasteiger partial charge in [0.25, 0.3) is 0 Å². The van der Waals surface area contributed by atoms with E-state index in [1.807, 2.05) is 72.1 Å². The molecular weight excluding hydrogens is 474 g/mol. The Morgan fingerprint density at radius 1 is 0.971 bits per heavy atom. The number of nitrogens with zero attached hydrogens (tertiary/aromatic N) is 1. The number of benzene rings is 3. The lowest BCUT2D eigenvalue weighted by atomic mass is 10.1. The first-order chi connectivity index (χ1) is 17.0. The highest BCUT2D eigenvalue weighted by Gasteiger charge is 2.29. The maximum absolute atomic E-state index is 13.4. The lowest BCUT2D eigenvalue weighted by Crippen LogP contribution is -2.19. The first-order valence-electron chi connectivity index (χ1n) is 11.5. The Morgan fingerprint density at radius 2 is 1.74 bits per heavy atom. The summed E-state index contributed by atoms with van der Waals surface area (Å²) in [5.41, 5.74) is 4.70. The van der Waals surface area contributed by atoms with Crippen LogP contribution in [0, 0.1) is 12.8 Å². The van der Waals surface area contributed by atoms with E-state index in [1.54, 1.807) is 0 Å². The number of amides is 2. The average Bonchev–Trinajstić information content (AvgIpc) is 3.63. The molecule has 1 saturated carbocycles. The summed E-state index contributed by atoms with van der Waals surface area (Å²) < 4.78 is 0. The molecule has 0 radical (unpaired) electrons. The molecule has 1 aliphatic carbocycles. The van der Waals surface area contributed by atoms with Crippen molar-refractivity contribution in [1.82, 2.24) is 4.98 Å². The molecule has 35 heavy (non-hydrogen) atoms. The van der Waals surface area contributed by atoms with Crippen LogP contribution in [0.3, 0.4) is 0 Å². The topological polar surface area (TPSA) is 71.1 Å². The van der Waals surface area contributed by atoms with Crippen molar-refractivity contribution in [3.63, 3.8) is 0 Å². The predicted octanol–water partition coefficient (Wildman–Crippen LogP) is 6.94. The van der Waals surface area contributed by atoms with Crippen molar-refractivity contribution in [3.05, 3.63) is 95.4 Å². The van der Waals surface area contributed by atoms with Gasteiger partial charge in [0.05, 0.1) is 5.69 Å². The van der Waals surface area contributed by atoms with E-state index in [9.17, 15) is 9.59 Å². The molecule has 7 heteroatoms. The largest absolute Gasteiger partial charge is 0.326 e. The van der Waals surface area contributed by atoms with Crippen molar-refractivity contribution >= 4 is 45.7 Å². The van der Waals surface area contributed by atoms with E-state index in [1.165, 1.54) is 28.7 Å². The molecule has 1 heterocycles. The smallest absolute Gasteiger partial charge is 0.244 e.